The van der Waals surface area contributed by atoms with Crippen LogP contribution in [-0.2, 0) is 23.8 Å². The van der Waals surface area contributed by atoms with Gasteiger partial charge in [-0.1, -0.05) is 0 Å². The maximum Gasteiger partial charge on any atom is 0.534 e. The highest BCUT2D eigenvalue weighted by Gasteiger charge is 2.49. The van der Waals surface area contributed by atoms with Crippen molar-refractivity contribution in [2.24, 2.45) is 5.41 Å². The van der Waals surface area contributed by atoms with E-state index >= 15 is 0 Å². The topological polar surface area (TPSA) is 69.7 Å². The summed E-state index contributed by atoms with van der Waals surface area (Å²) >= 11 is 0. The summed E-state index contributed by atoms with van der Waals surface area (Å²) in [6.45, 7) is 1.59. The minimum atomic E-state index is -5.64. The van der Waals surface area contributed by atoms with Crippen LogP contribution in [0.2, 0.25) is 0 Å². The molecular weight excluding hydrogens is 289 g/mol. The molecule has 0 N–H and O–H groups in total. The van der Waals surface area contributed by atoms with E-state index in [-0.39, 0.29) is 25.0 Å². The lowest BCUT2D eigenvalue weighted by Gasteiger charge is -2.29. The fourth-order valence-corrected chi connectivity index (χ4v) is 2.17. The van der Waals surface area contributed by atoms with Crippen molar-refractivity contribution < 1.29 is 35.3 Å². The third-order valence-electron chi connectivity index (χ3n) is 2.88. The molecule has 0 heterocycles. The number of rotatable bonds is 3. The van der Waals surface area contributed by atoms with E-state index in [2.05, 4.69) is 8.92 Å². The SMILES string of the molecule is COC(=O)C1(C)CC=C(OS(=O)(=O)C(F)(F)F)CC1. The van der Waals surface area contributed by atoms with Crippen LogP contribution in [0, 0.1) is 5.41 Å². The maximum atomic E-state index is 12.1. The van der Waals surface area contributed by atoms with Gasteiger partial charge < -0.3 is 8.92 Å². The molecule has 0 radical (unpaired) electrons. The predicted octanol–water partition coefficient (Wildman–Crippen LogP) is 2.10. The summed E-state index contributed by atoms with van der Waals surface area (Å²) in [6, 6.07) is 0. The first-order valence-corrected chi connectivity index (χ1v) is 6.71. The summed E-state index contributed by atoms with van der Waals surface area (Å²) in [6.07, 6.45) is 1.30. The van der Waals surface area contributed by atoms with E-state index in [1.165, 1.54) is 13.2 Å². The van der Waals surface area contributed by atoms with Crippen molar-refractivity contribution in [3.63, 3.8) is 0 Å². The molecular formula is C10H13F3O5S. The summed E-state index contributed by atoms with van der Waals surface area (Å²) in [7, 11) is -4.44. The van der Waals surface area contributed by atoms with Gasteiger partial charge in [-0.3, -0.25) is 4.79 Å². The van der Waals surface area contributed by atoms with Gasteiger partial charge in [-0.15, -0.1) is 0 Å². The summed E-state index contributed by atoms with van der Waals surface area (Å²) in [5.41, 5.74) is -6.33. The van der Waals surface area contributed by atoms with Gasteiger partial charge in [0, 0.05) is 6.42 Å². The van der Waals surface area contributed by atoms with Crippen molar-refractivity contribution in [3.05, 3.63) is 11.8 Å². The minimum Gasteiger partial charge on any atom is -0.469 e. The van der Waals surface area contributed by atoms with Gasteiger partial charge in [0.05, 0.1) is 12.5 Å². The second-order valence-electron chi connectivity index (χ2n) is 4.41. The first-order chi connectivity index (χ1) is 8.52. The first-order valence-electron chi connectivity index (χ1n) is 5.30. The van der Waals surface area contributed by atoms with Crippen LogP contribution in [0.15, 0.2) is 11.8 Å². The Labute approximate surface area is 108 Å². The molecule has 0 aliphatic heterocycles. The molecule has 0 aromatic carbocycles. The fraction of sp³-hybridized carbons (Fsp3) is 0.700. The molecule has 0 fully saturated rings. The van der Waals surface area contributed by atoms with Crippen molar-refractivity contribution in [3.8, 4) is 0 Å². The number of alkyl halides is 3. The second-order valence-corrected chi connectivity index (χ2v) is 5.95. The van der Waals surface area contributed by atoms with Crippen molar-refractivity contribution in [1.82, 2.24) is 0 Å². The van der Waals surface area contributed by atoms with Gasteiger partial charge >= 0.3 is 21.6 Å². The Morgan fingerprint density at radius 2 is 2.00 bits per heavy atom. The summed E-state index contributed by atoms with van der Waals surface area (Å²) in [5, 5.41) is 0. The lowest BCUT2D eigenvalue weighted by Crippen LogP contribution is -2.32. The number of esters is 1. The quantitative estimate of drug-likeness (QED) is 0.453. The van der Waals surface area contributed by atoms with Crippen LogP contribution in [0.4, 0.5) is 13.2 Å². The zero-order valence-corrected chi connectivity index (χ0v) is 11.1. The Morgan fingerprint density at radius 1 is 1.42 bits per heavy atom. The van der Waals surface area contributed by atoms with Crippen LogP contribution in [0.1, 0.15) is 26.2 Å². The molecule has 110 valence electrons. The molecule has 1 aliphatic rings. The molecule has 0 bridgehead atoms. The van der Waals surface area contributed by atoms with E-state index in [4.69, 9.17) is 0 Å². The minimum absolute atomic E-state index is 0.0579. The number of halogens is 3. The van der Waals surface area contributed by atoms with Crippen molar-refractivity contribution >= 4 is 16.1 Å². The highest BCUT2D eigenvalue weighted by Crippen LogP contribution is 2.38. The molecule has 0 aromatic heterocycles. The molecule has 9 heteroatoms. The number of methoxy groups -OCH3 is 1. The Morgan fingerprint density at radius 3 is 2.37 bits per heavy atom. The van der Waals surface area contributed by atoms with E-state index in [0.717, 1.165) is 0 Å². The number of carbonyl (C=O) groups excluding carboxylic acids is 1. The van der Waals surface area contributed by atoms with Gasteiger partial charge in [0.2, 0.25) is 0 Å². The van der Waals surface area contributed by atoms with E-state index < -0.39 is 27.0 Å². The summed E-state index contributed by atoms with van der Waals surface area (Å²) in [4.78, 5) is 11.4. The van der Waals surface area contributed by atoms with Crippen molar-refractivity contribution in [2.45, 2.75) is 31.7 Å². The van der Waals surface area contributed by atoms with E-state index in [1.807, 2.05) is 0 Å². The third-order valence-corrected chi connectivity index (χ3v) is 3.88. The second kappa shape index (κ2) is 5.03. The molecule has 19 heavy (non-hydrogen) atoms. The number of carbonyl (C=O) groups is 1. The van der Waals surface area contributed by atoms with Gasteiger partial charge in [-0.25, -0.2) is 0 Å². The largest absolute Gasteiger partial charge is 0.534 e. The Kier molecular flexibility index (Phi) is 4.18. The average molecular weight is 302 g/mol. The molecule has 1 aliphatic carbocycles. The molecule has 5 nitrogen and oxygen atoms in total. The predicted molar refractivity (Wildman–Crippen MR) is 58.1 cm³/mol. The lowest BCUT2D eigenvalue weighted by molar-refractivity contribution is -0.152. The number of ether oxygens (including phenoxy) is 1. The molecule has 0 spiro atoms. The van der Waals surface area contributed by atoms with Crippen LogP contribution in [0.25, 0.3) is 0 Å². The first kappa shape index (κ1) is 15.8. The van der Waals surface area contributed by atoms with Crippen LogP contribution in [0.5, 0.6) is 0 Å². The van der Waals surface area contributed by atoms with E-state index in [0.29, 0.717) is 0 Å². The highest BCUT2D eigenvalue weighted by atomic mass is 32.2. The van der Waals surface area contributed by atoms with Gasteiger partial charge in [0.25, 0.3) is 0 Å². The van der Waals surface area contributed by atoms with Crippen LogP contribution < -0.4 is 0 Å². The van der Waals surface area contributed by atoms with Gasteiger partial charge in [-0.2, -0.15) is 21.6 Å². The highest BCUT2D eigenvalue weighted by molar-refractivity contribution is 7.87. The zero-order valence-electron chi connectivity index (χ0n) is 10.3. The molecule has 0 aromatic rings. The Balaban J connectivity index is 2.80. The van der Waals surface area contributed by atoms with Crippen LogP contribution in [0.3, 0.4) is 0 Å². The van der Waals surface area contributed by atoms with Gasteiger partial charge in [-0.05, 0) is 25.8 Å². The molecule has 0 saturated heterocycles. The summed E-state index contributed by atoms with van der Waals surface area (Å²) in [5.74, 6) is -0.805. The van der Waals surface area contributed by atoms with Gasteiger partial charge in [0.1, 0.15) is 5.76 Å². The molecule has 0 saturated carbocycles. The van der Waals surface area contributed by atoms with Crippen LogP contribution in [-0.4, -0.2) is 27.0 Å². The zero-order chi connectivity index (χ0) is 14.9. The van der Waals surface area contributed by atoms with Crippen molar-refractivity contribution in [2.75, 3.05) is 7.11 Å². The lowest BCUT2D eigenvalue weighted by atomic mass is 9.78. The molecule has 0 amide bonds. The van der Waals surface area contributed by atoms with E-state index in [9.17, 15) is 26.4 Å². The number of hydrogen-bond acceptors (Lipinski definition) is 5. The number of allylic oxidation sites excluding steroid dienone is 2. The van der Waals surface area contributed by atoms with E-state index in [1.54, 1.807) is 6.92 Å². The molecule has 1 unspecified atom stereocenters. The number of hydrogen-bond donors (Lipinski definition) is 0. The molecule has 1 atom stereocenters. The average Bonchev–Trinajstić information content (AvgIpc) is 2.29. The third kappa shape index (κ3) is 3.40. The fourth-order valence-electron chi connectivity index (χ4n) is 1.64. The van der Waals surface area contributed by atoms with Gasteiger partial charge in [0.15, 0.2) is 0 Å². The maximum absolute atomic E-state index is 12.1. The molecule has 1 rings (SSSR count). The monoisotopic (exact) mass is 302 g/mol. The Bertz CT molecular complexity index is 494. The summed E-state index contributed by atoms with van der Waals surface area (Å²) < 4.78 is 66.5. The smallest absolute Gasteiger partial charge is 0.469 e. The van der Waals surface area contributed by atoms with Crippen molar-refractivity contribution in [1.29, 1.82) is 0 Å². The standard InChI is InChI=1S/C10H13F3O5S/c1-9(8(14)17-2)5-3-7(4-6-9)18-19(15,16)10(11,12)13/h3H,4-6H2,1-2H3. The normalized spacial score (nSPS) is 24.6. The Hall–Kier alpha value is -1.25. The van der Waals surface area contributed by atoms with Crippen LogP contribution >= 0.6 is 0 Å².